The lowest BCUT2D eigenvalue weighted by molar-refractivity contribution is -0.121. The Bertz CT molecular complexity index is 593. The molecule has 1 aliphatic rings. The lowest BCUT2D eigenvalue weighted by atomic mass is 10.1. The van der Waals surface area contributed by atoms with Crippen molar-refractivity contribution in [1.29, 1.82) is 0 Å². The van der Waals surface area contributed by atoms with Crippen LogP contribution in [-0.4, -0.2) is 37.8 Å². The molecule has 0 radical (unpaired) electrons. The van der Waals surface area contributed by atoms with Crippen molar-refractivity contribution in [3.8, 4) is 0 Å². The zero-order valence-electron chi connectivity index (χ0n) is 11.9. The summed E-state index contributed by atoms with van der Waals surface area (Å²) in [5.41, 5.74) is 0. The number of nitrogens with one attached hydrogen (secondary N) is 1. The van der Waals surface area contributed by atoms with Gasteiger partial charge in [0.2, 0.25) is 15.9 Å². The molecular weight excluding hydrogens is 312 g/mol. The number of rotatable bonds is 4. The van der Waals surface area contributed by atoms with Gasteiger partial charge in [-0.1, -0.05) is 18.5 Å². The van der Waals surface area contributed by atoms with Crippen LogP contribution in [0.3, 0.4) is 0 Å². The molecule has 1 heterocycles. The smallest absolute Gasteiger partial charge is 0.243 e. The number of halogens is 1. The first kappa shape index (κ1) is 16.3. The Kier molecular flexibility index (Phi) is 5.24. The lowest BCUT2D eigenvalue weighted by Crippen LogP contribution is -2.46. The van der Waals surface area contributed by atoms with Gasteiger partial charge in [-0.15, -0.1) is 0 Å². The topological polar surface area (TPSA) is 66.5 Å². The molecule has 1 aromatic carbocycles. The van der Waals surface area contributed by atoms with Crippen molar-refractivity contribution in [3.63, 3.8) is 0 Å². The molecule has 1 fully saturated rings. The molecule has 1 N–H and O–H groups in total. The fourth-order valence-corrected chi connectivity index (χ4v) is 3.92. The molecule has 1 aromatic rings. The van der Waals surface area contributed by atoms with E-state index in [1.807, 2.05) is 0 Å². The van der Waals surface area contributed by atoms with Crippen molar-refractivity contribution >= 4 is 27.5 Å². The average molecular weight is 331 g/mol. The van der Waals surface area contributed by atoms with Crippen LogP contribution in [0.2, 0.25) is 5.02 Å². The predicted octanol–water partition coefficient (Wildman–Crippen LogP) is 2.02. The maximum absolute atomic E-state index is 12.5. The Morgan fingerprint density at radius 3 is 2.38 bits per heavy atom. The number of sulfonamides is 1. The number of nitrogens with zero attached hydrogens (tertiary/aromatic N) is 1. The standard InChI is InChI=1S/C14H19ClN2O3S/c1-2-14(18)16-12-7-9-17(10-8-12)21(19,20)13-5-3-11(15)4-6-13/h3-6,12H,2,7-10H2,1H3,(H,16,18). The third-order valence-corrected chi connectivity index (χ3v) is 5.76. The van der Waals surface area contributed by atoms with Crippen LogP contribution in [0, 0.1) is 0 Å². The fraction of sp³-hybridized carbons (Fsp3) is 0.500. The molecular formula is C14H19ClN2O3S. The molecule has 21 heavy (non-hydrogen) atoms. The normalized spacial score (nSPS) is 17.6. The van der Waals surface area contributed by atoms with Crippen molar-refractivity contribution in [3.05, 3.63) is 29.3 Å². The molecule has 1 saturated heterocycles. The second-order valence-corrected chi connectivity index (χ2v) is 7.43. The molecule has 5 nitrogen and oxygen atoms in total. The van der Waals surface area contributed by atoms with Crippen molar-refractivity contribution < 1.29 is 13.2 Å². The minimum atomic E-state index is -3.47. The molecule has 0 atom stereocenters. The van der Waals surface area contributed by atoms with E-state index < -0.39 is 10.0 Å². The van der Waals surface area contributed by atoms with Gasteiger partial charge in [0.1, 0.15) is 0 Å². The van der Waals surface area contributed by atoms with E-state index in [0.717, 1.165) is 0 Å². The van der Waals surface area contributed by atoms with Crippen LogP contribution >= 0.6 is 11.6 Å². The number of carbonyl (C=O) groups is 1. The number of benzene rings is 1. The Morgan fingerprint density at radius 1 is 1.29 bits per heavy atom. The van der Waals surface area contributed by atoms with Crippen LogP contribution in [0.25, 0.3) is 0 Å². The average Bonchev–Trinajstić information content (AvgIpc) is 2.48. The predicted molar refractivity (Wildman–Crippen MR) is 81.7 cm³/mol. The van der Waals surface area contributed by atoms with E-state index in [0.29, 0.717) is 37.4 Å². The van der Waals surface area contributed by atoms with Crippen molar-refractivity contribution in [2.24, 2.45) is 0 Å². The highest BCUT2D eigenvalue weighted by molar-refractivity contribution is 7.89. The van der Waals surface area contributed by atoms with Gasteiger partial charge in [-0.05, 0) is 37.1 Å². The molecule has 2 rings (SSSR count). The first-order chi connectivity index (χ1) is 9.93. The number of hydrogen-bond donors (Lipinski definition) is 1. The SMILES string of the molecule is CCC(=O)NC1CCN(S(=O)(=O)c2ccc(Cl)cc2)CC1. The van der Waals surface area contributed by atoms with Crippen LogP contribution in [0.4, 0.5) is 0 Å². The second kappa shape index (κ2) is 6.77. The molecule has 116 valence electrons. The number of hydrogen-bond acceptors (Lipinski definition) is 3. The molecule has 0 aliphatic carbocycles. The van der Waals surface area contributed by atoms with E-state index in [1.165, 1.54) is 16.4 Å². The van der Waals surface area contributed by atoms with E-state index in [2.05, 4.69) is 5.32 Å². The van der Waals surface area contributed by atoms with Gasteiger partial charge in [0.25, 0.3) is 0 Å². The van der Waals surface area contributed by atoms with E-state index in [1.54, 1.807) is 19.1 Å². The summed E-state index contributed by atoms with van der Waals surface area (Å²) in [6.07, 6.45) is 1.72. The number of carbonyl (C=O) groups excluding carboxylic acids is 1. The van der Waals surface area contributed by atoms with Crippen LogP contribution < -0.4 is 5.32 Å². The highest BCUT2D eigenvalue weighted by Gasteiger charge is 2.29. The maximum Gasteiger partial charge on any atom is 0.243 e. The van der Waals surface area contributed by atoms with Crippen LogP contribution in [0.1, 0.15) is 26.2 Å². The number of amides is 1. The van der Waals surface area contributed by atoms with Crippen molar-refractivity contribution in [1.82, 2.24) is 9.62 Å². The Labute approximate surface area is 130 Å². The first-order valence-corrected chi connectivity index (χ1v) is 8.80. The van der Waals surface area contributed by atoms with E-state index >= 15 is 0 Å². The highest BCUT2D eigenvalue weighted by Crippen LogP contribution is 2.22. The lowest BCUT2D eigenvalue weighted by Gasteiger charge is -2.31. The van der Waals surface area contributed by atoms with E-state index in [4.69, 9.17) is 11.6 Å². The number of piperidine rings is 1. The molecule has 1 aliphatic heterocycles. The Hall–Kier alpha value is -1.11. The molecule has 0 unspecified atom stereocenters. The quantitative estimate of drug-likeness (QED) is 0.918. The minimum Gasteiger partial charge on any atom is -0.353 e. The zero-order chi connectivity index (χ0) is 15.5. The molecule has 1 amide bonds. The van der Waals surface area contributed by atoms with E-state index in [-0.39, 0.29) is 16.8 Å². The van der Waals surface area contributed by atoms with Crippen molar-refractivity contribution in [2.45, 2.75) is 37.1 Å². The van der Waals surface area contributed by atoms with Gasteiger partial charge < -0.3 is 5.32 Å². The summed E-state index contributed by atoms with van der Waals surface area (Å²) in [5, 5.41) is 3.42. The van der Waals surface area contributed by atoms with Gasteiger partial charge in [0, 0.05) is 30.6 Å². The van der Waals surface area contributed by atoms with Gasteiger partial charge in [-0.3, -0.25) is 4.79 Å². The summed E-state index contributed by atoms with van der Waals surface area (Å²) in [6.45, 7) is 2.63. The Morgan fingerprint density at radius 2 is 1.86 bits per heavy atom. The van der Waals surface area contributed by atoms with Crippen LogP contribution in [0.15, 0.2) is 29.2 Å². The summed E-state index contributed by atoms with van der Waals surface area (Å²) >= 11 is 5.78. The summed E-state index contributed by atoms with van der Waals surface area (Å²) in [4.78, 5) is 11.6. The summed E-state index contributed by atoms with van der Waals surface area (Å²) in [5.74, 6) is 0.00834. The zero-order valence-corrected chi connectivity index (χ0v) is 13.5. The third kappa shape index (κ3) is 3.96. The first-order valence-electron chi connectivity index (χ1n) is 6.98. The highest BCUT2D eigenvalue weighted by atomic mass is 35.5. The van der Waals surface area contributed by atoms with Gasteiger partial charge in [0.05, 0.1) is 4.90 Å². The third-order valence-electron chi connectivity index (χ3n) is 3.59. The Balaban J connectivity index is 2.01. The maximum atomic E-state index is 12.5. The summed E-state index contributed by atoms with van der Waals surface area (Å²) in [6, 6.07) is 6.24. The van der Waals surface area contributed by atoms with Gasteiger partial charge in [0.15, 0.2) is 0 Å². The molecule has 0 aromatic heterocycles. The van der Waals surface area contributed by atoms with E-state index in [9.17, 15) is 13.2 Å². The molecule has 7 heteroatoms. The van der Waals surface area contributed by atoms with Crippen LogP contribution in [-0.2, 0) is 14.8 Å². The van der Waals surface area contributed by atoms with Crippen molar-refractivity contribution in [2.75, 3.05) is 13.1 Å². The van der Waals surface area contributed by atoms with Gasteiger partial charge in [-0.25, -0.2) is 8.42 Å². The molecule has 0 spiro atoms. The van der Waals surface area contributed by atoms with Gasteiger partial charge in [-0.2, -0.15) is 4.31 Å². The summed E-state index contributed by atoms with van der Waals surface area (Å²) in [7, 11) is -3.47. The molecule has 0 saturated carbocycles. The minimum absolute atomic E-state index is 0.00834. The van der Waals surface area contributed by atoms with Crippen LogP contribution in [0.5, 0.6) is 0 Å². The van der Waals surface area contributed by atoms with Gasteiger partial charge >= 0.3 is 0 Å². The second-order valence-electron chi connectivity index (χ2n) is 5.05. The largest absolute Gasteiger partial charge is 0.353 e. The molecule has 0 bridgehead atoms. The summed E-state index contributed by atoms with van der Waals surface area (Å²) < 4.78 is 26.4. The monoisotopic (exact) mass is 330 g/mol. The fourth-order valence-electron chi connectivity index (χ4n) is 2.33.